The van der Waals surface area contributed by atoms with Gasteiger partial charge in [0.15, 0.2) is 0 Å². The van der Waals surface area contributed by atoms with Crippen LogP contribution in [0.2, 0.25) is 0 Å². The molecule has 14 heavy (non-hydrogen) atoms. The molecule has 1 heterocycles. The van der Waals surface area contributed by atoms with Gasteiger partial charge >= 0.3 is 5.97 Å². The number of nitrogens with zero attached hydrogens (tertiary/aromatic N) is 3. The second kappa shape index (κ2) is 5.20. The number of thioether (sulfide) groups is 1. The molecule has 0 aliphatic carbocycles. The number of alkyl halides is 1. The quantitative estimate of drug-likeness (QED) is 0.362. The van der Waals surface area contributed by atoms with Crippen LogP contribution in [0.5, 0.6) is 0 Å². The Morgan fingerprint density at radius 3 is 3.14 bits per heavy atom. The van der Waals surface area contributed by atoms with E-state index >= 15 is 0 Å². The van der Waals surface area contributed by atoms with Gasteiger partial charge in [-0.2, -0.15) is 0 Å². The highest BCUT2D eigenvalue weighted by Gasteiger charge is 2.16. The van der Waals surface area contributed by atoms with Gasteiger partial charge in [-0.15, -0.1) is 10.2 Å². The summed E-state index contributed by atoms with van der Waals surface area (Å²) in [6.07, 6.45) is 1.39. The molecule has 0 aromatic carbocycles. The number of methoxy groups -OCH3 is 1. The summed E-state index contributed by atoms with van der Waals surface area (Å²) in [5.74, 6) is 5.64. The van der Waals surface area contributed by atoms with Gasteiger partial charge in [-0.25, -0.2) is 4.68 Å². The predicted molar refractivity (Wildman–Crippen MR) is 55.6 cm³/mol. The number of esters is 1. The molecule has 1 aromatic rings. The number of hydrogen-bond donors (Lipinski definition) is 1. The molecule has 1 unspecified atom stereocenters. The predicted octanol–water partition coefficient (Wildman–Crippen LogP) is 0.0205. The Morgan fingerprint density at radius 1 is 1.93 bits per heavy atom. The van der Waals surface area contributed by atoms with Crippen molar-refractivity contribution in [3.63, 3.8) is 0 Å². The topological polar surface area (TPSA) is 83.0 Å². The fourth-order valence-corrected chi connectivity index (χ4v) is 1.99. The zero-order valence-corrected chi connectivity index (χ0v) is 9.79. The van der Waals surface area contributed by atoms with E-state index < -0.39 is 0 Å². The fourth-order valence-electron chi connectivity index (χ4n) is 0.679. The van der Waals surface area contributed by atoms with E-state index in [1.165, 1.54) is 29.9 Å². The SMILES string of the molecule is COC(=O)C(Br)CSc1nncn1N. The van der Waals surface area contributed by atoms with Crippen LogP contribution in [0.25, 0.3) is 0 Å². The van der Waals surface area contributed by atoms with E-state index in [2.05, 4.69) is 30.9 Å². The number of carbonyl (C=O) groups excluding carboxylic acids is 1. The molecule has 78 valence electrons. The summed E-state index contributed by atoms with van der Waals surface area (Å²) in [4.78, 5) is 10.6. The van der Waals surface area contributed by atoms with Crippen molar-refractivity contribution in [2.24, 2.45) is 0 Å². The van der Waals surface area contributed by atoms with Crippen molar-refractivity contribution in [3.05, 3.63) is 6.33 Å². The first-order chi connectivity index (χ1) is 6.65. The minimum absolute atomic E-state index is 0.319. The van der Waals surface area contributed by atoms with E-state index in [9.17, 15) is 4.79 Å². The van der Waals surface area contributed by atoms with Crippen LogP contribution in [-0.2, 0) is 9.53 Å². The smallest absolute Gasteiger partial charge is 0.320 e. The maximum Gasteiger partial charge on any atom is 0.320 e. The van der Waals surface area contributed by atoms with Crippen LogP contribution in [-0.4, -0.2) is 38.5 Å². The molecule has 0 amide bonds. The summed E-state index contributed by atoms with van der Waals surface area (Å²) >= 11 is 4.50. The Balaban J connectivity index is 2.41. The molecule has 6 nitrogen and oxygen atoms in total. The Hall–Kier alpha value is -0.760. The summed E-state index contributed by atoms with van der Waals surface area (Å²) in [7, 11) is 1.34. The molecule has 0 saturated heterocycles. The Bertz CT molecular complexity index is 319. The Morgan fingerprint density at radius 2 is 2.64 bits per heavy atom. The lowest BCUT2D eigenvalue weighted by atomic mass is 10.5. The van der Waals surface area contributed by atoms with E-state index in [1.807, 2.05) is 0 Å². The summed E-state index contributed by atoms with van der Waals surface area (Å²) in [6.45, 7) is 0. The fraction of sp³-hybridized carbons (Fsp3) is 0.500. The van der Waals surface area contributed by atoms with Crippen LogP contribution in [0, 0.1) is 0 Å². The number of nitrogen functional groups attached to an aromatic ring is 1. The van der Waals surface area contributed by atoms with Crippen molar-refractivity contribution >= 4 is 33.7 Å². The molecule has 0 fully saturated rings. The molecule has 1 aromatic heterocycles. The summed E-state index contributed by atoms with van der Waals surface area (Å²) in [5, 5.41) is 7.91. The molecule has 0 radical (unpaired) electrons. The Labute approximate surface area is 93.3 Å². The lowest BCUT2D eigenvalue weighted by molar-refractivity contribution is -0.139. The molecule has 0 aliphatic heterocycles. The van der Waals surface area contributed by atoms with Gasteiger partial charge < -0.3 is 10.6 Å². The maximum absolute atomic E-state index is 11.0. The summed E-state index contributed by atoms with van der Waals surface area (Å²) < 4.78 is 5.83. The van der Waals surface area contributed by atoms with E-state index in [-0.39, 0.29) is 10.8 Å². The van der Waals surface area contributed by atoms with E-state index in [0.717, 1.165) is 0 Å². The van der Waals surface area contributed by atoms with Gasteiger partial charge in [0.05, 0.1) is 7.11 Å². The van der Waals surface area contributed by atoms with Crippen LogP contribution in [0.4, 0.5) is 0 Å². The third-order valence-corrected chi connectivity index (χ3v) is 3.53. The second-order valence-electron chi connectivity index (χ2n) is 2.32. The monoisotopic (exact) mass is 280 g/mol. The number of nitrogens with two attached hydrogens (primary N) is 1. The summed E-state index contributed by atoms with van der Waals surface area (Å²) in [6, 6.07) is 0. The number of carbonyl (C=O) groups is 1. The van der Waals surface area contributed by atoms with Gasteiger partial charge in [-0.1, -0.05) is 27.7 Å². The number of halogens is 1. The molecule has 1 atom stereocenters. The van der Waals surface area contributed by atoms with Crippen molar-refractivity contribution in [2.45, 2.75) is 9.98 Å². The average molecular weight is 281 g/mol. The van der Waals surface area contributed by atoms with E-state index in [0.29, 0.717) is 10.9 Å². The van der Waals surface area contributed by atoms with Crippen molar-refractivity contribution in [1.82, 2.24) is 14.9 Å². The molecule has 2 N–H and O–H groups in total. The number of aromatic nitrogens is 3. The first-order valence-electron chi connectivity index (χ1n) is 3.65. The third-order valence-electron chi connectivity index (χ3n) is 1.36. The van der Waals surface area contributed by atoms with Gasteiger partial charge in [0.25, 0.3) is 0 Å². The van der Waals surface area contributed by atoms with Crippen molar-refractivity contribution in [2.75, 3.05) is 18.7 Å². The molecule has 0 saturated carbocycles. The average Bonchev–Trinajstić information content (AvgIpc) is 2.59. The van der Waals surface area contributed by atoms with E-state index in [1.54, 1.807) is 0 Å². The van der Waals surface area contributed by atoms with Crippen LogP contribution in [0.15, 0.2) is 11.5 Å². The van der Waals surface area contributed by atoms with Crippen LogP contribution < -0.4 is 5.84 Å². The van der Waals surface area contributed by atoms with Gasteiger partial charge in [0.1, 0.15) is 11.2 Å². The highest BCUT2D eigenvalue weighted by atomic mass is 79.9. The second-order valence-corrected chi connectivity index (χ2v) is 4.41. The first kappa shape index (κ1) is 11.3. The lowest BCUT2D eigenvalue weighted by Gasteiger charge is -2.05. The van der Waals surface area contributed by atoms with Crippen LogP contribution in [0.1, 0.15) is 0 Å². The zero-order valence-electron chi connectivity index (χ0n) is 7.38. The molecule has 1 rings (SSSR count). The van der Waals surface area contributed by atoms with Gasteiger partial charge in [-0.3, -0.25) is 4.79 Å². The number of hydrogen-bond acceptors (Lipinski definition) is 6. The van der Waals surface area contributed by atoms with Gasteiger partial charge in [0.2, 0.25) is 5.16 Å². The normalized spacial score (nSPS) is 12.4. The highest BCUT2D eigenvalue weighted by Crippen LogP contribution is 2.17. The molecule has 0 bridgehead atoms. The largest absolute Gasteiger partial charge is 0.468 e. The van der Waals surface area contributed by atoms with Crippen molar-refractivity contribution in [1.29, 1.82) is 0 Å². The minimum Gasteiger partial charge on any atom is -0.468 e. The van der Waals surface area contributed by atoms with Crippen LogP contribution >= 0.6 is 27.7 Å². The highest BCUT2D eigenvalue weighted by molar-refractivity contribution is 9.10. The molecule has 0 aliphatic rings. The minimum atomic E-state index is -0.366. The Kier molecular flexibility index (Phi) is 4.21. The molecular weight excluding hydrogens is 272 g/mol. The first-order valence-corrected chi connectivity index (χ1v) is 5.55. The molecule has 8 heteroatoms. The number of ether oxygens (including phenoxy) is 1. The zero-order chi connectivity index (χ0) is 10.6. The van der Waals surface area contributed by atoms with Gasteiger partial charge in [-0.05, 0) is 0 Å². The number of rotatable bonds is 4. The van der Waals surface area contributed by atoms with E-state index in [4.69, 9.17) is 5.84 Å². The molecular formula is C6H9BrN4O2S. The maximum atomic E-state index is 11.0. The van der Waals surface area contributed by atoms with Crippen molar-refractivity contribution < 1.29 is 9.53 Å². The standard InChI is InChI=1S/C6H9BrN4O2S/c1-13-5(12)4(7)2-14-6-10-9-3-11(6)8/h3-4H,2,8H2,1H3. The summed E-state index contributed by atoms with van der Waals surface area (Å²) in [5.41, 5.74) is 0. The third kappa shape index (κ3) is 2.88. The van der Waals surface area contributed by atoms with Gasteiger partial charge in [0, 0.05) is 5.75 Å². The lowest BCUT2D eigenvalue weighted by Crippen LogP contribution is -2.18. The van der Waals surface area contributed by atoms with Crippen LogP contribution in [0.3, 0.4) is 0 Å². The van der Waals surface area contributed by atoms with Crippen molar-refractivity contribution in [3.8, 4) is 0 Å². The molecule has 0 spiro atoms.